The van der Waals surface area contributed by atoms with Crippen LogP contribution in [0.1, 0.15) is 0 Å². The largest absolute Gasteiger partial charge is 0.338 e. The number of aromatic nitrogens is 2. The Labute approximate surface area is 121 Å². The molecular weight excluding hydrogens is 268 g/mol. The van der Waals surface area contributed by atoms with E-state index in [0.717, 1.165) is 22.4 Å². The molecule has 0 fully saturated rings. The summed E-state index contributed by atoms with van der Waals surface area (Å²) < 4.78 is 0. The van der Waals surface area contributed by atoms with Crippen molar-refractivity contribution in [2.24, 2.45) is 0 Å². The van der Waals surface area contributed by atoms with Crippen LogP contribution in [0.2, 0.25) is 5.02 Å². The Hall–Kier alpha value is -2.32. The molecule has 0 saturated heterocycles. The molecule has 4 aromatic rings. The van der Waals surface area contributed by atoms with Gasteiger partial charge in [0.1, 0.15) is 11.3 Å². The summed E-state index contributed by atoms with van der Waals surface area (Å²) in [5.41, 5.74) is 2.87. The lowest BCUT2D eigenvalue weighted by molar-refractivity contribution is 1.35. The molecule has 1 N–H and O–H groups in total. The van der Waals surface area contributed by atoms with Crippen LogP contribution in [0.4, 0.5) is 0 Å². The number of halogens is 1. The molecule has 0 bridgehead atoms. The summed E-state index contributed by atoms with van der Waals surface area (Å²) in [6.07, 6.45) is 0. The standard InChI is InChI=1S/C17H11ClN2/c18-14-9-4-10-15-16(14)20-17(19-15)13-8-3-6-11-5-1-2-7-12(11)13/h1-10H,(H,19,20). The second kappa shape index (κ2) is 4.36. The summed E-state index contributed by atoms with van der Waals surface area (Å²) in [6, 6.07) is 20.3. The maximum absolute atomic E-state index is 6.19. The van der Waals surface area contributed by atoms with Crippen LogP contribution < -0.4 is 0 Å². The van der Waals surface area contributed by atoms with Crippen molar-refractivity contribution in [3.05, 3.63) is 65.7 Å². The molecule has 0 aliphatic heterocycles. The van der Waals surface area contributed by atoms with Crippen LogP contribution in [-0.2, 0) is 0 Å². The van der Waals surface area contributed by atoms with E-state index < -0.39 is 0 Å². The molecule has 96 valence electrons. The topological polar surface area (TPSA) is 28.7 Å². The molecule has 4 rings (SSSR count). The Bertz CT molecular complexity index is 919. The molecule has 0 aliphatic carbocycles. The first-order chi connectivity index (χ1) is 9.83. The number of para-hydroxylation sites is 1. The van der Waals surface area contributed by atoms with Gasteiger partial charge in [-0.2, -0.15) is 0 Å². The lowest BCUT2D eigenvalue weighted by Crippen LogP contribution is -1.82. The van der Waals surface area contributed by atoms with Gasteiger partial charge in [-0.1, -0.05) is 60.1 Å². The third-order valence-corrected chi connectivity index (χ3v) is 3.81. The van der Waals surface area contributed by atoms with Gasteiger partial charge in [0.25, 0.3) is 0 Å². The second-order valence-corrected chi connectivity index (χ2v) is 5.16. The zero-order chi connectivity index (χ0) is 13.5. The average Bonchev–Trinajstić information content (AvgIpc) is 2.92. The van der Waals surface area contributed by atoms with Gasteiger partial charge in [0.2, 0.25) is 0 Å². The molecule has 1 heterocycles. The van der Waals surface area contributed by atoms with Crippen molar-refractivity contribution in [2.75, 3.05) is 0 Å². The highest BCUT2D eigenvalue weighted by molar-refractivity contribution is 6.35. The Morgan fingerprint density at radius 1 is 0.850 bits per heavy atom. The molecule has 0 unspecified atom stereocenters. The lowest BCUT2D eigenvalue weighted by atomic mass is 10.0. The fraction of sp³-hybridized carbons (Fsp3) is 0. The number of nitrogens with zero attached hydrogens (tertiary/aromatic N) is 1. The van der Waals surface area contributed by atoms with Crippen LogP contribution in [0.15, 0.2) is 60.7 Å². The number of hydrogen-bond acceptors (Lipinski definition) is 1. The number of benzene rings is 3. The van der Waals surface area contributed by atoms with Crippen molar-refractivity contribution in [2.45, 2.75) is 0 Å². The Morgan fingerprint density at radius 3 is 2.55 bits per heavy atom. The van der Waals surface area contributed by atoms with E-state index in [1.165, 1.54) is 10.8 Å². The summed E-state index contributed by atoms with van der Waals surface area (Å²) in [5, 5.41) is 3.06. The molecule has 20 heavy (non-hydrogen) atoms. The highest BCUT2D eigenvalue weighted by Crippen LogP contribution is 2.30. The first-order valence-electron chi connectivity index (χ1n) is 6.45. The molecule has 0 spiro atoms. The number of H-pyrrole nitrogens is 1. The minimum atomic E-state index is 0.672. The van der Waals surface area contributed by atoms with Gasteiger partial charge in [0.15, 0.2) is 0 Å². The summed E-state index contributed by atoms with van der Waals surface area (Å²) in [6.45, 7) is 0. The summed E-state index contributed by atoms with van der Waals surface area (Å²) in [4.78, 5) is 7.99. The summed E-state index contributed by atoms with van der Waals surface area (Å²) >= 11 is 6.19. The minimum Gasteiger partial charge on any atom is -0.338 e. The van der Waals surface area contributed by atoms with E-state index in [1.54, 1.807) is 0 Å². The van der Waals surface area contributed by atoms with Gasteiger partial charge in [0, 0.05) is 5.56 Å². The first kappa shape index (κ1) is 11.5. The number of nitrogens with one attached hydrogen (secondary N) is 1. The number of rotatable bonds is 1. The van der Waals surface area contributed by atoms with E-state index in [0.29, 0.717) is 5.02 Å². The number of fused-ring (bicyclic) bond motifs is 2. The Morgan fingerprint density at radius 2 is 1.65 bits per heavy atom. The maximum atomic E-state index is 6.19. The minimum absolute atomic E-state index is 0.672. The van der Waals surface area contributed by atoms with E-state index in [4.69, 9.17) is 11.6 Å². The van der Waals surface area contributed by atoms with Crippen molar-refractivity contribution in [3.63, 3.8) is 0 Å². The van der Waals surface area contributed by atoms with E-state index in [-0.39, 0.29) is 0 Å². The van der Waals surface area contributed by atoms with Crippen molar-refractivity contribution in [3.8, 4) is 11.4 Å². The van der Waals surface area contributed by atoms with Gasteiger partial charge in [-0.25, -0.2) is 4.98 Å². The molecule has 0 radical (unpaired) electrons. The van der Waals surface area contributed by atoms with E-state index in [9.17, 15) is 0 Å². The number of aromatic amines is 1. The first-order valence-corrected chi connectivity index (χ1v) is 6.83. The van der Waals surface area contributed by atoms with Crippen LogP contribution >= 0.6 is 11.6 Å². The van der Waals surface area contributed by atoms with Crippen molar-refractivity contribution in [1.29, 1.82) is 0 Å². The number of imidazole rings is 1. The molecule has 0 amide bonds. The average molecular weight is 279 g/mol. The molecular formula is C17H11ClN2. The monoisotopic (exact) mass is 278 g/mol. The Kier molecular flexibility index (Phi) is 2.51. The summed E-state index contributed by atoms with van der Waals surface area (Å²) in [7, 11) is 0. The van der Waals surface area contributed by atoms with Crippen molar-refractivity contribution in [1.82, 2.24) is 9.97 Å². The molecule has 3 aromatic carbocycles. The SMILES string of the molecule is Clc1cccc2[nH]c(-c3cccc4ccccc34)nc12. The zero-order valence-electron chi connectivity index (χ0n) is 10.6. The fourth-order valence-electron chi connectivity index (χ4n) is 2.56. The van der Waals surface area contributed by atoms with Gasteiger partial charge in [-0.05, 0) is 22.9 Å². The van der Waals surface area contributed by atoms with E-state index in [1.807, 2.05) is 36.4 Å². The van der Waals surface area contributed by atoms with Crippen LogP contribution in [0, 0.1) is 0 Å². The van der Waals surface area contributed by atoms with Crippen LogP contribution in [0.25, 0.3) is 33.2 Å². The lowest BCUT2D eigenvalue weighted by Gasteiger charge is -2.03. The predicted molar refractivity (Wildman–Crippen MR) is 84.0 cm³/mol. The highest BCUT2D eigenvalue weighted by atomic mass is 35.5. The van der Waals surface area contributed by atoms with Gasteiger partial charge in [-0.15, -0.1) is 0 Å². The van der Waals surface area contributed by atoms with Crippen molar-refractivity contribution >= 4 is 33.4 Å². The molecule has 0 aliphatic rings. The van der Waals surface area contributed by atoms with E-state index in [2.05, 4.69) is 34.2 Å². The smallest absolute Gasteiger partial charge is 0.139 e. The van der Waals surface area contributed by atoms with E-state index >= 15 is 0 Å². The van der Waals surface area contributed by atoms with Crippen LogP contribution in [-0.4, -0.2) is 9.97 Å². The molecule has 2 nitrogen and oxygen atoms in total. The third kappa shape index (κ3) is 1.69. The van der Waals surface area contributed by atoms with Crippen LogP contribution in [0.5, 0.6) is 0 Å². The van der Waals surface area contributed by atoms with Crippen molar-refractivity contribution < 1.29 is 0 Å². The third-order valence-electron chi connectivity index (χ3n) is 3.51. The fourth-order valence-corrected chi connectivity index (χ4v) is 2.77. The maximum Gasteiger partial charge on any atom is 0.139 e. The van der Waals surface area contributed by atoms with Gasteiger partial charge in [-0.3, -0.25) is 0 Å². The second-order valence-electron chi connectivity index (χ2n) is 4.75. The van der Waals surface area contributed by atoms with Gasteiger partial charge in [0.05, 0.1) is 10.5 Å². The highest BCUT2D eigenvalue weighted by Gasteiger charge is 2.10. The molecule has 1 aromatic heterocycles. The zero-order valence-corrected chi connectivity index (χ0v) is 11.4. The van der Waals surface area contributed by atoms with Crippen LogP contribution in [0.3, 0.4) is 0 Å². The number of hydrogen-bond donors (Lipinski definition) is 1. The normalized spacial score (nSPS) is 11.2. The molecule has 0 atom stereocenters. The summed E-state index contributed by atoms with van der Waals surface area (Å²) in [5.74, 6) is 0.852. The Balaban J connectivity index is 2.04. The molecule has 0 saturated carbocycles. The predicted octanol–water partition coefficient (Wildman–Crippen LogP) is 5.04. The van der Waals surface area contributed by atoms with Gasteiger partial charge >= 0.3 is 0 Å². The van der Waals surface area contributed by atoms with Gasteiger partial charge < -0.3 is 4.98 Å². The molecule has 3 heteroatoms. The quantitative estimate of drug-likeness (QED) is 0.519.